The Morgan fingerprint density at radius 3 is 2.33 bits per heavy atom. The summed E-state index contributed by atoms with van der Waals surface area (Å²) in [5, 5.41) is 2.85. The number of carbonyl (C=O) groups is 1. The molecule has 0 radical (unpaired) electrons. The molecule has 1 amide bonds. The van der Waals surface area contributed by atoms with Crippen molar-refractivity contribution in [3.05, 3.63) is 72.6 Å². The monoisotopic (exact) mass is 362 g/mol. The molecule has 0 fully saturated rings. The summed E-state index contributed by atoms with van der Waals surface area (Å²) < 4.78 is 5.54. The molecule has 3 rings (SSSR count). The van der Waals surface area contributed by atoms with E-state index in [-0.39, 0.29) is 5.91 Å². The Labute approximate surface area is 158 Å². The van der Waals surface area contributed by atoms with E-state index in [1.165, 1.54) is 12.4 Å². The van der Waals surface area contributed by atoms with Crippen molar-refractivity contribution in [2.24, 2.45) is 0 Å². The van der Waals surface area contributed by atoms with E-state index >= 15 is 0 Å². The molecule has 3 aromatic rings. The van der Waals surface area contributed by atoms with Gasteiger partial charge in [0.25, 0.3) is 5.91 Å². The number of nitrogens with zero attached hydrogens (tertiary/aromatic N) is 3. The van der Waals surface area contributed by atoms with Gasteiger partial charge in [0.05, 0.1) is 17.9 Å². The molecule has 27 heavy (non-hydrogen) atoms. The van der Waals surface area contributed by atoms with Crippen LogP contribution in [0.2, 0.25) is 0 Å². The molecule has 6 heteroatoms. The molecule has 0 unspecified atom stereocenters. The fourth-order valence-corrected chi connectivity index (χ4v) is 2.67. The topological polar surface area (TPSA) is 67.3 Å². The SMILES string of the molecule is CCOc1ccccc1NC(=O)c1cnc(N(CC)c2ccccc2)nc1. The Bertz CT molecular complexity index is 882. The Hall–Kier alpha value is -3.41. The van der Waals surface area contributed by atoms with Gasteiger partial charge in [-0.3, -0.25) is 4.79 Å². The Morgan fingerprint density at radius 1 is 1.00 bits per heavy atom. The fourth-order valence-electron chi connectivity index (χ4n) is 2.67. The molecule has 0 atom stereocenters. The summed E-state index contributed by atoms with van der Waals surface area (Å²) in [5.41, 5.74) is 2.00. The van der Waals surface area contributed by atoms with Crippen LogP contribution in [0.5, 0.6) is 5.75 Å². The van der Waals surface area contributed by atoms with Gasteiger partial charge in [0.2, 0.25) is 5.95 Å². The average molecular weight is 362 g/mol. The molecule has 138 valence electrons. The molecule has 1 heterocycles. The van der Waals surface area contributed by atoms with Gasteiger partial charge in [0, 0.05) is 24.6 Å². The second-order valence-corrected chi connectivity index (χ2v) is 5.73. The van der Waals surface area contributed by atoms with Crippen molar-refractivity contribution < 1.29 is 9.53 Å². The summed E-state index contributed by atoms with van der Waals surface area (Å²) in [7, 11) is 0. The molecule has 2 aromatic carbocycles. The number of hydrogen-bond acceptors (Lipinski definition) is 5. The van der Waals surface area contributed by atoms with Crippen LogP contribution < -0.4 is 15.0 Å². The van der Waals surface area contributed by atoms with Gasteiger partial charge in [0.15, 0.2) is 0 Å². The first-order chi connectivity index (χ1) is 13.2. The van der Waals surface area contributed by atoms with Gasteiger partial charge in [-0.1, -0.05) is 30.3 Å². The molecular weight excluding hydrogens is 340 g/mol. The Kier molecular flexibility index (Phi) is 5.99. The van der Waals surface area contributed by atoms with E-state index in [1.54, 1.807) is 6.07 Å². The number of hydrogen-bond donors (Lipinski definition) is 1. The molecule has 0 saturated carbocycles. The van der Waals surface area contributed by atoms with E-state index in [0.29, 0.717) is 29.6 Å². The number of ether oxygens (including phenoxy) is 1. The molecular formula is C21H22N4O2. The minimum absolute atomic E-state index is 0.281. The minimum Gasteiger partial charge on any atom is -0.492 e. The molecule has 1 N–H and O–H groups in total. The van der Waals surface area contributed by atoms with Crippen LogP contribution in [0, 0.1) is 0 Å². The lowest BCUT2D eigenvalue weighted by Crippen LogP contribution is -2.20. The molecule has 0 bridgehead atoms. The predicted octanol–water partition coefficient (Wildman–Crippen LogP) is 4.29. The number of aromatic nitrogens is 2. The maximum Gasteiger partial charge on any atom is 0.258 e. The first-order valence-corrected chi connectivity index (χ1v) is 8.90. The van der Waals surface area contributed by atoms with Gasteiger partial charge in [-0.05, 0) is 38.1 Å². The van der Waals surface area contributed by atoms with Gasteiger partial charge in [-0.25, -0.2) is 9.97 Å². The number of amides is 1. The number of para-hydroxylation sites is 3. The quantitative estimate of drug-likeness (QED) is 0.679. The molecule has 0 aliphatic rings. The van der Waals surface area contributed by atoms with Crippen LogP contribution in [0.4, 0.5) is 17.3 Å². The van der Waals surface area contributed by atoms with Crippen molar-refractivity contribution in [1.29, 1.82) is 0 Å². The number of benzene rings is 2. The smallest absolute Gasteiger partial charge is 0.258 e. The summed E-state index contributed by atoms with van der Waals surface area (Å²) in [6.07, 6.45) is 3.07. The van der Waals surface area contributed by atoms with E-state index in [0.717, 1.165) is 12.2 Å². The van der Waals surface area contributed by atoms with Crippen molar-refractivity contribution in [3.8, 4) is 5.75 Å². The summed E-state index contributed by atoms with van der Waals surface area (Å²) in [6.45, 7) is 5.17. The van der Waals surface area contributed by atoms with Gasteiger partial charge >= 0.3 is 0 Å². The van der Waals surface area contributed by atoms with Gasteiger partial charge in [-0.15, -0.1) is 0 Å². The summed E-state index contributed by atoms with van der Waals surface area (Å²) in [6, 6.07) is 17.2. The lowest BCUT2D eigenvalue weighted by atomic mass is 10.2. The van der Waals surface area contributed by atoms with Crippen LogP contribution in [0.3, 0.4) is 0 Å². The zero-order valence-electron chi connectivity index (χ0n) is 15.4. The summed E-state index contributed by atoms with van der Waals surface area (Å²) in [4.78, 5) is 23.3. The van der Waals surface area contributed by atoms with Crippen LogP contribution >= 0.6 is 0 Å². The minimum atomic E-state index is -0.281. The zero-order chi connectivity index (χ0) is 19.1. The van der Waals surface area contributed by atoms with Gasteiger partial charge in [0.1, 0.15) is 5.75 Å². The third kappa shape index (κ3) is 4.41. The van der Waals surface area contributed by atoms with Crippen molar-refractivity contribution in [2.45, 2.75) is 13.8 Å². The third-order valence-corrected chi connectivity index (χ3v) is 3.96. The molecule has 1 aromatic heterocycles. The highest BCUT2D eigenvalue weighted by Crippen LogP contribution is 2.25. The normalized spacial score (nSPS) is 10.3. The highest BCUT2D eigenvalue weighted by Gasteiger charge is 2.13. The number of anilines is 3. The first kappa shape index (κ1) is 18.4. The molecule has 6 nitrogen and oxygen atoms in total. The number of nitrogens with one attached hydrogen (secondary N) is 1. The van der Waals surface area contributed by atoms with E-state index in [2.05, 4.69) is 15.3 Å². The second kappa shape index (κ2) is 8.80. The van der Waals surface area contributed by atoms with E-state index in [4.69, 9.17) is 4.74 Å². The maximum atomic E-state index is 12.5. The van der Waals surface area contributed by atoms with Crippen LogP contribution in [0.1, 0.15) is 24.2 Å². The number of rotatable bonds is 7. The van der Waals surface area contributed by atoms with Crippen molar-refractivity contribution in [3.63, 3.8) is 0 Å². The van der Waals surface area contributed by atoms with Gasteiger partial charge in [-0.2, -0.15) is 0 Å². The van der Waals surface area contributed by atoms with E-state index < -0.39 is 0 Å². The maximum absolute atomic E-state index is 12.5. The number of carbonyl (C=O) groups excluding carboxylic acids is 1. The van der Waals surface area contributed by atoms with Gasteiger partial charge < -0.3 is 15.0 Å². The van der Waals surface area contributed by atoms with Crippen LogP contribution in [-0.4, -0.2) is 29.0 Å². The largest absolute Gasteiger partial charge is 0.492 e. The summed E-state index contributed by atoms with van der Waals surface area (Å²) >= 11 is 0. The summed E-state index contributed by atoms with van der Waals surface area (Å²) in [5.74, 6) is 0.901. The highest BCUT2D eigenvalue weighted by molar-refractivity contribution is 6.04. The molecule has 0 spiro atoms. The molecule has 0 aliphatic heterocycles. The second-order valence-electron chi connectivity index (χ2n) is 5.73. The first-order valence-electron chi connectivity index (χ1n) is 8.90. The average Bonchev–Trinajstić information content (AvgIpc) is 2.71. The zero-order valence-corrected chi connectivity index (χ0v) is 15.4. The van der Waals surface area contributed by atoms with E-state index in [9.17, 15) is 4.79 Å². The standard InChI is InChI=1S/C21H22N4O2/c1-3-25(17-10-6-5-7-11-17)21-22-14-16(15-23-21)20(26)24-18-12-8-9-13-19(18)27-4-2/h5-15H,3-4H2,1-2H3,(H,24,26). The van der Waals surface area contributed by atoms with E-state index in [1.807, 2.05) is 67.3 Å². The Balaban J connectivity index is 1.76. The molecule has 0 saturated heterocycles. The third-order valence-electron chi connectivity index (χ3n) is 3.96. The highest BCUT2D eigenvalue weighted by atomic mass is 16.5. The predicted molar refractivity (Wildman–Crippen MR) is 107 cm³/mol. The van der Waals surface area contributed by atoms with Crippen LogP contribution in [0.25, 0.3) is 0 Å². The lowest BCUT2D eigenvalue weighted by Gasteiger charge is -2.20. The Morgan fingerprint density at radius 2 is 1.67 bits per heavy atom. The molecule has 0 aliphatic carbocycles. The lowest BCUT2D eigenvalue weighted by molar-refractivity contribution is 0.102. The van der Waals surface area contributed by atoms with Crippen LogP contribution in [0.15, 0.2) is 67.0 Å². The van der Waals surface area contributed by atoms with Crippen LogP contribution in [-0.2, 0) is 0 Å². The van der Waals surface area contributed by atoms with Crippen molar-refractivity contribution in [2.75, 3.05) is 23.4 Å². The van der Waals surface area contributed by atoms with Crippen molar-refractivity contribution in [1.82, 2.24) is 9.97 Å². The fraction of sp³-hybridized carbons (Fsp3) is 0.190. The van der Waals surface area contributed by atoms with Crippen molar-refractivity contribution >= 4 is 23.2 Å².